The van der Waals surface area contributed by atoms with E-state index in [0.29, 0.717) is 18.5 Å². The Hall–Kier alpha value is -0.400. The van der Waals surface area contributed by atoms with Crippen LogP contribution in [0.3, 0.4) is 0 Å². The molecule has 1 rings (SSSR count). The standard InChI is InChI=1S/C7H11Cl2N3.C2H9N3/c1-2-3-4-12-5-10-6(8)11-7(12)9;3-1-2(4)5/h2-5H2,1H3;2H,1,3-5H2. The van der Waals surface area contributed by atoms with Gasteiger partial charge in [0.1, 0.15) is 6.67 Å². The van der Waals surface area contributed by atoms with E-state index < -0.39 is 0 Å². The Balaban J connectivity index is 0.000000437. The Morgan fingerprint density at radius 1 is 1.41 bits per heavy atom. The molecule has 0 aromatic carbocycles. The highest BCUT2D eigenvalue weighted by molar-refractivity contribution is 6.71. The molecule has 100 valence electrons. The van der Waals surface area contributed by atoms with Crippen molar-refractivity contribution in [3.63, 3.8) is 0 Å². The van der Waals surface area contributed by atoms with E-state index >= 15 is 0 Å². The zero-order chi connectivity index (χ0) is 13.3. The Morgan fingerprint density at radius 3 is 2.41 bits per heavy atom. The van der Waals surface area contributed by atoms with E-state index in [1.54, 1.807) is 0 Å². The van der Waals surface area contributed by atoms with Gasteiger partial charge in [-0.25, -0.2) is 4.99 Å². The largest absolute Gasteiger partial charge is 0.328 e. The maximum atomic E-state index is 5.82. The summed E-state index contributed by atoms with van der Waals surface area (Å²) in [6.45, 7) is 3.92. The van der Waals surface area contributed by atoms with Gasteiger partial charge in [0, 0.05) is 13.1 Å². The molecule has 17 heavy (non-hydrogen) atoms. The second-order valence-corrected chi connectivity index (χ2v) is 4.14. The number of hydrogen-bond acceptors (Lipinski definition) is 6. The summed E-state index contributed by atoms with van der Waals surface area (Å²) in [6.07, 6.45) is 1.90. The van der Waals surface area contributed by atoms with Gasteiger partial charge in [-0.3, -0.25) is 0 Å². The first-order valence-electron chi connectivity index (χ1n) is 5.41. The summed E-state index contributed by atoms with van der Waals surface area (Å²) in [5.41, 5.74) is 14.8. The molecule has 0 aromatic rings. The van der Waals surface area contributed by atoms with Crippen molar-refractivity contribution in [3.8, 4) is 0 Å². The van der Waals surface area contributed by atoms with Gasteiger partial charge in [0.15, 0.2) is 0 Å². The fourth-order valence-electron chi connectivity index (χ4n) is 0.896. The van der Waals surface area contributed by atoms with E-state index in [-0.39, 0.29) is 11.5 Å². The van der Waals surface area contributed by atoms with Crippen LogP contribution < -0.4 is 17.2 Å². The van der Waals surface area contributed by atoms with Gasteiger partial charge in [0.25, 0.3) is 0 Å². The van der Waals surface area contributed by atoms with Crippen molar-refractivity contribution < 1.29 is 0 Å². The van der Waals surface area contributed by atoms with Crippen molar-refractivity contribution in [2.75, 3.05) is 19.8 Å². The molecular formula is C9H20Cl2N6. The molecule has 0 saturated carbocycles. The molecule has 0 spiro atoms. The van der Waals surface area contributed by atoms with Gasteiger partial charge in [-0.1, -0.05) is 13.3 Å². The minimum absolute atomic E-state index is 0.243. The van der Waals surface area contributed by atoms with Crippen LogP contribution in [0.1, 0.15) is 19.8 Å². The summed E-state index contributed by atoms with van der Waals surface area (Å²) in [5.74, 6) is 0. The summed E-state index contributed by atoms with van der Waals surface area (Å²) in [4.78, 5) is 9.69. The number of aliphatic imine (C=N–C) groups is 2. The normalized spacial score (nSPS) is 15.1. The lowest BCUT2D eigenvalue weighted by atomic mass is 10.3. The molecular weight excluding hydrogens is 263 g/mol. The third kappa shape index (κ3) is 8.34. The summed E-state index contributed by atoms with van der Waals surface area (Å²) in [5, 5.41) is 0.691. The molecule has 6 N–H and O–H groups in total. The first-order valence-corrected chi connectivity index (χ1v) is 6.17. The summed E-state index contributed by atoms with van der Waals surface area (Å²) < 4.78 is 0. The number of nitrogens with zero attached hydrogens (tertiary/aromatic N) is 3. The fraction of sp³-hybridized carbons (Fsp3) is 0.778. The summed E-state index contributed by atoms with van der Waals surface area (Å²) in [7, 11) is 0. The van der Waals surface area contributed by atoms with Gasteiger partial charge in [0.05, 0.1) is 6.17 Å². The lowest BCUT2D eigenvalue weighted by molar-refractivity contribution is 0.423. The van der Waals surface area contributed by atoms with Gasteiger partial charge in [-0.05, 0) is 29.6 Å². The monoisotopic (exact) mass is 282 g/mol. The van der Waals surface area contributed by atoms with Crippen molar-refractivity contribution in [1.82, 2.24) is 4.90 Å². The van der Waals surface area contributed by atoms with E-state index in [9.17, 15) is 0 Å². The van der Waals surface area contributed by atoms with Crippen molar-refractivity contribution in [1.29, 1.82) is 0 Å². The Kier molecular flexibility index (Phi) is 9.39. The minimum Gasteiger partial charge on any atom is -0.328 e. The average Bonchev–Trinajstić information content (AvgIpc) is 2.29. The second-order valence-electron chi connectivity index (χ2n) is 3.47. The zero-order valence-electron chi connectivity index (χ0n) is 9.94. The van der Waals surface area contributed by atoms with Crippen LogP contribution in [0.25, 0.3) is 0 Å². The molecule has 1 aliphatic heterocycles. The van der Waals surface area contributed by atoms with E-state index in [2.05, 4.69) is 16.9 Å². The van der Waals surface area contributed by atoms with Gasteiger partial charge in [-0.15, -0.1) is 0 Å². The zero-order valence-corrected chi connectivity index (χ0v) is 11.5. The number of nitrogens with two attached hydrogens (primary N) is 3. The Morgan fingerprint density at radius 2 is 2.00 bits per heavy atom. The molecule has 1 aliphatic rings. The number of halogens is 2. The topological polar surface area (TPSA) is 106 Å². The van der Waals surface area contributed by atoms with Gasteiger partial charge in [-0.2, -0.15) is 4.99 Å². The first-order chi connectivity index (χ1) is 8.01. The summed E-state index contributed by atoms with van der Waals surface area (Å²) in [6, 6.07) is 0. The first kappa shape index (κ1) is 16.6. The maximum Gasteiger partial charge on any atom is 0.222 e. The molecule has 0 saturated heterocycles. The van der Waals surface area contributed by atoms with Crippen LogP contribution in [-0.2, 0) is 0 Å². The highest BCUT2D eigenvalue weighted by atomic mass is 35.5. The predicted molar refractivity (Wildman–Crippen MR) is 74.3 cm³/mol. The molecule has 0 aromatic heterocycles. The Bertz CT molecular complexity index is 266. The smallest absolute Gasteiger partial charge is 0.222 e. The van der Waals surface area contributed by atoms with Crippen molar-refractivity contribution >= 4 is 33.8 Å². The van der Waals surface area contributed by atoms with Crippen molar-refractivity contribution in [2.24, 2.45) is 27.2 Å². The molecule has 0 atom stereocenters. The molecule has 1 heterocycles. The minimum atomic E-state index is -0.338. The third-order valence-electron chi connectivity index (χ3n) is 1.87. The number of hydrogen-bond donors (Lipinski definition) is 3. The Labute approximate surface area is 112 Å². The van der Waals surface area contributed by atoms with Crippen LogP contribution >= 0.6 is 23.2 Å². The summed E-state index contributed by atoms with van der Waals surface area (Å²) >= 11 is 11.4. The quantitative estimate of drug-likeness (QED) is 0.514. The molecule has 0 unspecified atom stereocenters. The second kappa shape index (κ2) is 9.61. The van der Waals surface area contributed by atoms with Gasteiger partial charge >= 0.3 is 0 Å². The van der Waals surface area contributed by atoms with Crippen LogP contribution in [0, 0.1) is 0 Å². The van der Waals surface area contributed by atoms with Crippen LogP contribution in [0.2, 0.25) is 0 Å². The van der Waals surface area contributed by atoms with Gasteiger partial charge in [0.2, 0.25) is 10.6 Å². The van der Waals surface area contributed by atoms with Gasteiger partial charge < -0.3 is 22.1 Å². The number of rotatable bonds is 4. The molecule has 0 radical (unpaired) electrons. The van der Waals surface area contributed by atoms with Crippen LogP contribution in [-0.4, -0.2) is 41.4 Å². The van der Waals surface area contributed by atoms with E-state index in [1.165, 1.54) is 0 Å². The fourth-order valence-corrected chi connectivity index (χ4v) is 1.29. The molecule has 0 fully saturated rings. The average molecular weight is 283 g/mol. The van der Waals surface area contributed by atoms with E-state index in [4.69, 9.17) is 40.4 Å². The molecule has 0 amide bonds. The predicted octanol–water partition coefficient (Wildman–Crippen LogP) is 0.438. The SMILES string of the molecule is CCCCN1CN=C(Cl)N=C1Cl.NCC(N)N. The number of amidine groups is 2. The van der Waals surface area contributed by atoms with Crippen LogP contribution in [0.4, 0.5) is 0 Å². The van der Waals surface area contributed by atoms with Crippen LogP contribution in [0.5, 0.6) is 0 Å². The molecule has 0 aliphatic carbocycles. The molecule has 6 nitrogen and oxygen atoms in total. The third-order valence-corrected chi connectivity index (χ3v) is 2.40. The van der Waals surface area contributed by atoms with Crippen LogP contribution in [0.15, 0.2) is 9.98 Å². The molecule has 0 bridgehead atoms. The van der Waals surface area contributed by atoms with Crippen molar-refractivity contribution in [3.05, 3.63) is 0 Å². The van der Waals surface area contributed by atoms with Crippen molar-refractivity contribution in [2.45, 2.75) is 25.9 Å². The highest BCUT2D eigenvalue weighted by Crippen LogP contribution is 2.08. The number of unbranched alkanes of at least 4 members (excludes halogenated alkanes) is 1. The van der Waals surface area contributed by atoms with E-state index in [1.807, 2.05) is 4.90 Å². The maximum absolute atomic E-state index is 5.82. The van der Waals surface area contributed by atoms with E-state index in [0.717, 1.165) is 19.4 Å². The highest BCUT2D eigenvalue weighted by Gasteiger charge is 2.12. The lowest BCUT2D eigenvalue weighted by Crippen LogP contribution is -2.37. The lowest BCUT2D eigenvalue weighted by Gasteiger charge is -2.22. The molecule has 8 heteroatoms.